The first-order valence-electron chi connectivity index (χ1n) is 3.08. The third kappa shape index (κ3) is 9.40. The Morgan fingerprint density at radius 1 is 1.10 bits per heavy atom. The summed E-state index contributed by atoms with van der Waals surface area (Å²) < 4.78 is 0.920. The Labute approximate surface area is 88.1 Å². The van der Waals surface area contributed by atoms with Gasteiger partial charge in [-0.05, 0) is 0 Å². The molecule has 0 bridgehead atoms. The van der Waals surface area contributed by atoms with Gasteiger partial charge in [0.15, 0.2) is 0 Å². The summed E-state index contributed by atoms with van der Waals surface area (Å²) in [5.41, 5.74) is 0. The maximum Gasteiger partial charge on any atom is 0.140 e. The van der Waals surface area contributed by atoms with Crippen LogP contribution in [0.3, 0.4) is 0 Å². The van der Waals surface area contributed by atoms with Crippen molar-refractivity contribution in [2.45, 2.75) is 8.56 Å². The third-order valence-corrected chi connectivity index (χ3v) is 2.26. The van der Waals surface area contributed by atoms with Gasteiger partial charge in [0.25, 0.3) is 0 Å². The van der Waals surface area contributed by atoms with Crippen molar-refractivity contribution in [3.05, 3.63) is 0 Å². The average Bonchev–Trinajstić information content (AvgIpc) is 1.57. The maximum atomic E-state index is 3.45. The van der Waals surface area contributed by atoms with Crippen molar-refractivity contribution in [1.29, 1.82) is 0 Å². The first-order valence-corrected chi connectivity index (χ1v) is 5.46. The molecular formula is C6H13Br3N+. The lowest BCUT2D eigenvalue weighted by molar-refractivity contribution is -0.870. The summed E-state index contributed by atoms with van der Waals surface area (Å²) in [6.07, 6.45) is 1.05. The molecule has 0 radical (unpaired) electrons. The van der Waals surface area contributed by atoms with Gasteiger partial charge in [-0.2, -0.15) is 0 Å². The molecule has 62 valence electrons. The van der Waals surface area contributed by atoms with E-state index in [1.165, 1.54) is 0 Å². The van der Waals surface area contributed by atoms with Gasteiger partial charge in [-0.1, -0.05) is 47.8 Å². The normalized spacial score (nSPS) is 13.8. The van der Waals surface area contributed by atoms with Crippen LogP contribution >= 0.6 is 47.8 Å². The van der Waals surface area contributed by atoms with Crippen LogP contribution in [-0.2, 0) is 0 Å². The highest BCUT2D eigenvalue weighted by Gasteiger charge is 2.21. The van der Waals surface area contributed by atoms with Gasteiger partial charge < -0.3 is 4.48 Å². The summed E-state index contributed by atoms with van der Waals surface area (Å²) in [5.74, 6) is 0. The van der Waals surface area contributed by atoms with E-state index >= 15 is 0 Å². The van der Waals surface area contributed by atoms with Crippen molar-refractivity contribution in [1.82, 2.24) is 0 Å². The molecule has 0 aliphatic rings. The van der Waals surface area contributed by atoms with Gasteiger partial charge in [0.05, 0.1) is 27.7 Å². The molecule has 0 aromatic carbocycles. The van der Waals surface area contributed by atoms with Crippen LogP contribution in [-0.4, -0.2) is 34.3 Å². The number of alkyl halides is 3. The molecule has 0 amide bonds. The summed E-state index contributed by atoms with van der Waals surface area (Å²) in [6.45, 7) is 1.13. The quantitative estimate of drug-likeness (QED) is 0.536. The molecule has 4 heteroatoms. The predicted molar refractivity (Wildman–Crippen MR) is 57.0 cm³/mol. The highest BCUT2D eigenvalue weighted by Crippen LogP contribution is 2.37. The molecule has 0 unspecified atom stereocenters. The topological polar surface area (TPSA) is 0 Å². The molecule has 0 fully saturated rings. The van der Waals surface area contributed by atoms with E-state index in [4.69, 9.17) is 0 Å². The zero-order chi connectivity index (χ0) is 8.41. The van der Waals surface area contributed by atoms with Crippen LogP contribution in [0.15, 0.2) is 0 Å². The molecule has 1 nitrogen and oxygen atoms in total. The molecule has 0 saturated heterocycles. The molecule has 0 saturated carbocycles. The molecule has 0 spiro atoms. The maximum absolute atomic E-state index is 3.45. The van der Waals surface area contributed by atoms with Crippen LogP contribution in [0.25, 0.3) is 0 Å². The van der Waals surface area contributed by atoms with E-state index in [9.17, 15) is 0 Å². The molecule has 0 rings (SSSR count). The second-order valence-electron chi connectivity index (χ2n) is 3.38. The molecule has 0 aromatic heterocycles. The summed E-state index contributed by atoms with van der Waals surface area (Å²) in [5, 5.41) is 0. The third-order valence-electron chi connectivity index (χ3n) is 1.07. The van der Waals surface area contributed by atoms with Gasteiger partial charge in [-0.15, -0.1) is 0 Å². The zero-order valence-corrected chi connectivity index (χ0v) is 11.3. The standard InChI is InChI=1S/C6H13Br3N/c1-10(2,3)5-4-6(7,8)9/h4-5H2,1-3H3/q+1. The van der Waals surface area contributed by atoms with Crippen LogP contribution in [0.5, 0.6) is 0 Å². The Morgan fingerprint density at radius 3 is 1.60 bits per heavy atom. The lowest BCUT2D eigenvalue weighted by Crippen LogP contribution is -2.36. The number of hydrogen-bond donors (Lipinski definition) is 0. The van der Waals surface area contributed by atoms with Crippen LogP contribution in [0.1, 0.15) is 6.42 Å². The number of nitrogens with zero attached hydrogens (tertiary/aromatic N) is 1. The van der Waals surface area contributed by atoms with Gasteiger partial charge in [-0.25, -0.2) is 0 Å². The Balaban J connectivity index is 3.56. The summed E-state index contributed by atoms with van der Waals surface area (Å²) in [6, 6.07) is 0. The van der Waals surface area contributed by atoms with Crippen molar-refractivity contribution in [3.63, 3.8) is 0 Å². The van der Waals surface area contributed by atoms with Gasteiger partial charge in [0.1, 0.15) is 2.14 Å². The lowest BCUT2D eigenvalue weighted by Gasteiger charge is -2.25. The van der Waals surface area contributed by atoms with E-state index in [1.807, 2.05) is 0 Å². The van der Waals surface area contributed by atoms with E-state index in [0.717, 1.165) is 17.4 Å². The molecule has 0 aromatic rings. The first kappa shape index (κ1) is 11.4. The molecule has 0 N–H and O–H groups in total. The van der Waals surface area contributed by atoms with E-state index in [-0.39, 0.29) is 2.14 Å². The van der Waals surface area contributed by atoms with Crippen LogP contribution < -0.4 is 0 Å². The van der Waals surface area contributed by atoms with E-state index < -0.39 is 0 Å². The summed E-state index contributed by atoms with van der Waals surface area (Å²) in [4.78, 5) is 0. The predicted octanol–water partition coefficient (Wildman–Crippen LogP) is 2.92. The van der Waals surface area contributed by atoms with Gasteiger partial charge >= 0.3 is 0 Å². The van der Waals surface area contributed by atoms with E-state index in [0.29, 0.717) is 0 Å². The number of quaternary nitrogens is 1. The Hall–Kier alpha value is 1.40. The lowest BCUT2D eigenvalue weighted by atomic mass is 10.4. The van der Waals surface area contributed by atoms with Crippen molar-refractivity contribution in [3.8, 4) is 0 Å². The fraction of sp³-hybridized carbons (Fsp3) is 1.00. The van der Waals surface area contributed by atoms with Crippen molar-refractivity contribution >= 4 is 47.8 Å². The second-order valence-corrected chi connectivity index (χ2v) is 10.6. The number of rotatable bonds is 2. The summed E-state index contributed by atoms with van der Waals surface area (Å²) in [7, 11) is 6.54. The molecule has 0 aliphatic heterocycles. The molecular weight excluding hydrogens is 326 g/mol. The van der Waals surface area contributed by atoms with Crippen LogP contribution in [0, 0.1) is 0 Å². The Morgan fingerprint density at radius 2 is 1.50 bits per heavy atom. The zero-order valence-electron chi connectivity index (χ0n) is 6.50. The monoisotopic (exact) mass is 336 g/mol. The van der Waals surface area contributed by atoms with Crippen molar-refractivity contribution in [2.75, 3.05) is 27.7 Å². The minimum Gasteiger partial charge on any atom is -0.331 e. The molecule has 0 atom stereocenters. The fourth-order valence-corrected chi connectivity index (χ4v) is 0.994. The van der Waals surface area contributed by atoms with E-state index in [1.54, 1.807) is 0 Å². The van der Waals surface area contributed by atoms with E-state index in [2.05, 4.69) is 68.9 Å². The highest BCUT2D eigenvalue weighted by atomic mass is 80.0. The van der Waals surface area contributed by atoms with Crippen LogP contribution in [0.4, 0.5) is 0 Å². The number of halogens is 3. The highest BCUT2D eigenvalue weighted by molar-refractivity contribution is 9.39. The number of hydrogen-bond acceptors (Lipinski definition) is 0. The molecule has 10 heavy (non-hydrogen) atoms. The van der Waals surface area contributed by atoms with Crippen molar-refractivity contribution in [2.24, 2.45) is 0 Å². The van der Waals surface area contributed by atoms with Gasteiger partial charge in [-0.3, -0.25) is 0 Å². The SMILES string of the molecule is C[N+](C)(C)CCC(Br)(Br)Br. The smallest absolute Gasteiger partial charge is 0.140 e. The first-order chi connectivity index (χ1) is 4.21. The Kier molecular flexibility index (Phi) is 4.42. The van der Waals surface area contributed by atoms with Crippen molar-refractivity contribution < 1.29 is 4.48 Å². The van der Waals surface area contributed by atoms with Crippen LogP contribution in [0.2, 0.25) is 0 Å². The molecule has 0 aliphatic carbocycles. The largest absolute Gasteiger partial charge is 0.331 e. The fourth-order valence-electron chi connectivity index (χ4n) is 0.462. The van der Waals surface area contributed by atoms with Gasteiger partial charge in [0, 0.05) is 6.42 Å². The average molecular weight is 339 g/mol. The minimum absolute atomic E-state index is 0.0709. The minimum atomic E-state index is -0.0709. The summed E-state index contributed by atoms with van der Waals surface area (Å²) >= 11 is 10.4. The van der Waals surface area contributed by atoms with Gasteiger partial charge in [0.2, 0.25) is 0 Å². The second kappa shape index (κ2) is 3.87. The Bertz CT molecular complexity index is 86.5. The molecule has 0 heterocycles.